The second kappa shape index (κ2) is 10.2. The molecule has 1 radical (unpaired) electrons. The molecule has 0 aromatic heterocycles. The Morgan fingerprint density at radius 1 is 1.14 bits per heavy atom. The van der Waals surface area contributed by atoms with Crippen LogP contribution in [0.4, 0.5) is 0 Å². The molecule has 0 heterocycles. The Balaban J connectivity index is 3.33. The molecule has 0 amide bonds. The van der Waals surface area contributed by atoms with E-state index in [0.717, 1.165) is 16.9 Å². The van der Waals surface area contributed by atoms with Crippen LogP contribution in [0, 0.1) is 6.92 Å². The van der Waals surface area contributed by atoms with Gasteiger partial charge in [0.25, 0.3) is 0 Å². The standard InChI is InChI=1S/C12H25S2/c1-5-9-14-12(6-2)8-7-10-13-11(3)4/h11-12H,2,5-10H2,1,3-4H3. The van der Waals surface area contributed by atoms with Crippen molar-refractivity contribution in [3.05, 3.63) is 6.92 Å². The van der Waals surface area contributed by atoms with Gasteiger partial charge in [-0.05, 0) is 42.4 Å². The largest absolute Gasteiger partial charge is 0.159 e. The third-order valence-corrected chi connectivity index (χ3v) is 4.78. The zero-order chi connectivity index (χ0) is 10.8. The van der Waals surface area contributed by atoms with Gasteiger partial charge in [-0.1, -0.05) is 27.7 Å². The molecule has 14 heavy (non-hydrogen) atoms. The summed E-state index contributed by atoms with van der Waals surface area (Å²) in [6.45, 7) is 10.8. The molecule has 0 bridgehead atoms. The quantitative estimate of drug-likeness (QED) is 0.532. The Bertz CT molecular complexity index is 113. The summed E-state index contributed by atoms with van der Waals surface area (Å²) >= 11 is 4.19. The van der Waals surface area contributed by atoms with Crippen molar-refractivity contribution in [2.75, 3.05) is 11.5 Å². The fraction of sp³-hybridized carbons (Fsp3) is 0.917. The molecule has 0 nitrogen and oxygen atoms in total. The maximum Gasteiger partial charge on any atom is 0.00473 e. The molecule has 0 rings (SSSR count). The molecule has 2 heteroatoms. The zero-order valence-corrected chi connectivity index (χ0v) is 11.6. The van der Waals surface area contributed by atoms with Gasteiger partial charge in [-0.25, -0.2) is 0 Å². The fourth-order valence-electron chi connectivity index (χ4n) is 1.23. The normalized spacial score (nSPS) is 13.5. The Kier molecular flexibility index (Phi) is 10.7. The topological polar surface area (TPSA) is 0 Å². The number of hydrogen-bond acceptors (Lipinski definition) is 2. The summed E-state index contributed by atoms with van der Waals surface area (Å²) in [6, 6.07) is 0. The molecule has 0 aliphatic heterocycles. The van der Waals surface area contributed by atoms with Gasteiger partial charge in [0.1, 0.15) is 0 Å². The maximum absolute atomic E-state index is 4.03. The Morgan fingerprint density at radius 3 is 2.36 bits per heavy atom. The van der Waals surface area contributed by atoms with Gasteiger partial charge < -0.3 is 0 Å². The molecule has 1 atom stereocenters. The van der Waals surface area contributed by atoms with Crippen molar-refractivity contribution >= 4 is 23.5 Å². The molecule has 85 valence electrons. The highest BCUT2D eigenvalue weighted by atomic mass is 32.2. The van der Waals surface area contributed by atoms with Crippen molar-refractivity contribution < 1.29 is 0 Å². The van der Waals surface area contributed by atoms with Crippen LogP contribution in [0.15, 0.2) is 0 Å². The van der Waals surface area contributed by atoms with Crippen LogP contribution in [0.2, 0.25) is 0 Å². The van der Waals surface area contributed by atoms with E-state index in [1.54, 1.807) is 0 Å². The lowest BCUT2D eigenvalue weighted by Crippen LogP contribution is -2.03. The van der Waals surface area contributed by atoms with Crippen LogP contribution in [-0.2, 0) is 0 Å². The molecule has 0 fully saturated rings. The summed E-state index contributed by atoms with van der Waals surface area (Å²) in [5.74, 6) is 2.62. The summed E-state index contributed by atoms with van der Waals surface area (Å²) in [5, 5.41) is 1.60. The number of thioether (sulfide) groups is 2. The zero-order valence-electron chi connectivity index (χ0n) is 9.92. The first-order valence-electron chi connectivity index (χ1n) is 5.73. The van der Waals surface area contributed by atoms with Crippen LogP contribution in [0.3, 0.4) is 0 Å². The van der Waals surface area contributed by atoms with Gasteiger partial charge in [-0.3, -0.25) is 0 Å². The third kappa shape index (κ3) is 9.26. The van der Waals surface area contributed by atoms with Gasteiger partial charge in [0.15, 0.2) is 0 Å². The Hall–Kier alpha value is 0.700. The predicted octanol–water partition coefficient (Wildman–Crippen LogP) is 4.64. The van der Waals surface area contributed by atoms with E-state index in [0.29, 0.717) is 0 Å². The molecule has 0 spiro atoms. The van der Waals surface area contributed by atoms with E-state index in [1.165, 1.54) is 30.8 Å². The molecular formula is C12H25S2. The second-order valence-corrected chi connectivity index (χ2v) is 6.94. The van der Waals surface area contributed by atoms with Gasteiger partial charge in [0.05, 0.1) is 0 Å². The molecule has 0 aromatic carbocycles. The van der Waals surface area contributed by atoms with Gasteiger partial charge in [-0.2, -0.15) is 23.5 Å². The maximum atomic E-state index is 4.03. The minimum absolute atomic E-state index is 0.788. The highest BCUT2D eigenvalue weighted by molar-refractivity contribution is 8.00. The van der Waals surface area contributed by atoms with Crippen molar-refractivity contribution in [1.29, 1.82) is 0 Å². The molecular weight excluding hydrogens is 208 g/mol. The summed E-state index contributed by atoms with van der Waals surface area (Å²) < 4.78 is 0. The van der Waals surface area contributed by atoms with E-state index in [1.807, 2.05) is 0 Å². The number of hydrogen-bond donors (Lipinski definition) is 0. The van der Waals surface area contributed by atoms with E-state index in [2.05, 4.69) is 51.2 Å². The molecule has 0 aliphatic carbocycles. The lowest BCUT2D eigenvalue weighted by molar-refractivity contribution is 0.749. The lowest BCUT2D eigenvalue weighted by atomic mass is 10.2. The van der Waals surface area contributed by atoms with E-state index in [9.17, 15) is 0 Å². The molecule has 0 N–H and O–H groups in total. The first-order chi connectivity index (χ1) is 6.70. The minimum atomic E-state index is 0.788. The van der Waals surface area contributed by atoms with Gasteiger partial charge in [0, 0.05) is 5.25 Å². The van der Waals surface area contributed by atoms with E-state index in [4.69, 9.17) is 0 Å². The molecule has 0 saturated carbocycles. The monoisotopic (exact) mass is 233 g/mol. The average Bonchev–Trinajstić information content (AvgIpc) is 2.16. The van der Waals surface area contributed by atoms with Crippen molar-refractivity contribution in [3.63, 3.8) is 0 Å². The summed E-state index contributed by atoms with van der Waals surface area (Å²) in [7, 11) is 0. The van der Waals surface area contributed by atoms with Crippen LogP contribution in [0.5, 0.6) is 0 Å². The Labute approximate surface area is 99.0 Å². The summed E-state index contributed by atoms with van der Waals surface area (Å²) in [6.07, 6.45) is 5.10. The Morgan fingerprint density at radius 2 is 1.86 bits per heavy atom. The van der Waals surface area contributed by atoms with Crippen LogP contribution < -0.4 is 0 Å². The third-order valence-electron chi connectivity index (χ3n) is 2.00. The van der Waals surface area contributed by atoms with Crippen LogP contribution in [-0.4, -0.2) is 22.0 Å². The van der Waals surface area contributed by atoms with E-state index >= 15 is 0 Å². The number of rotatable bonds is 9. The van der Waals surface area contributed by atoms with Crippen LogP contribution in [0.1, 0.15) is 46.5 Å². The van der Waals surface area contributed by atoms with Gasteiger partial charge >= 0.3 is 0 Å². The van der Waals surface area contributed by atoms with E-state index < -0.39 is 0 Å². The molecule has 0 aromatic rings. The van der Waals surface area contributed by atoms with Crippen LogP contribution in [0.25, 0.3) is 0 Å². The minimum Gasteiger partial charge on any atom is -0.159 e. The van der Waals surface area contributed by atoms with Crippen molar-refractivity contribution in [3.8, 4) is 0 Å². The van der Waals surface area contributed by atoms with Gasteiger partial charge in [0.2, 0.25) is 0 Å². The average molecular weight is 233 g/mol. The van der Waals surface area contributed by atoms with E-state index in [-0.39, 0.29) is 0 Å². The SMILES string of the molecule is [CH2]CC(CCCSC(C)C)SCCC. The van der Waals surface area contributed by atoms with Gasteiger partial charge in [-0.15, -0.1) is 0 Å². The van der Waals surface area contributed by atoms with Crippen molar-refractivity contribution in [2.24, 2.45) is 0 Å². The van der Waals surface area contributed by atoms with Crippen LogP contribution >= 0.6 is 23.5 Å². The molecule has 0 aliphatic rings. The fourth-order valence-corrected chi connectivity index (χ4v) is 3.10. The lowest BCUT2D eigenvalue weighted by Gasteiger charge is -2.13. The molecule has 1 unspecified atom stereocenters. The van der Waals surface area contributed by atoms with Crippen molar-refractivity contribution in [2.45, 2.75) is 57.0 Å². The summed E-state index contributed by atoms with van der Waals surface area (Å²) in [5.41, 5.74) is 0. The highest BCUT2D eigenvalue weighted by Gasteiger charge is 2.05. The summed E-state index contributed by atoms with van der Waals surface area (Å²) in [4.78, 5) is 0. The first kappa shape index (κ1) is 14.7. The second-order valence-electron chi connectivity index (χ2n) is 3.84. The smallest absolute Gasteiger partial charge is 0.00473 e. The van der Waals surface area contributed by atoms with Crippen molar-refractivity contribution in [1.82, 2.24) is 0 Å². The predicted molar refractivity (Wildman–Crippen MR) is 73.3 cm³/mol. The highest BCUT2D eigenvalue weighted by Crippen LogP contribution is 2.22. The molecule has 0 saturated heterocycles. The first-order valence-corrected chi connectivity index (χ1v) is 7.82.